The van der Waals surface area contributed by atoms with E-state index >= 15 is 0 Å². The monoisotopic (exact) mass is 350 g/mol. The number of carbonyl (C=O) groups excluding carboxylic acids is 1. The normalized spacial score (nSPS) is 21.3. The van der Waals surface area contributed by atoms with Gasteiger partial charge in [-0.05, 0) is 64.4 Å². The molecule has 0 amide bonds. The molecule has 26 heavy (non-hydrogen) atoms. The highest BCUT2D eigenvalue weighted by atomic mass is 16.5. The Morgan fingerprint density at radius 2 is 1.58 bits per heavy atom. The molecule has 1 aliphatic carbocycles. The number of methoxy groups -OCH3 is 1. The molecule has 0 saturated heterocycles. The van der Waals surface area contributed by atoms with Crippen LogP contribution >= 0.6 is 0 Å². The van der Waals surface area contributed by atoms with E-state index in [1.807, 2.05) is 26.0 Å². The van der Waals surface area contributed by atoms with E-state index < -0.39 is 0 Å². The summed E-state index contributed by atoms with van der Waals surface area (Å²) < 4.78 is 5.35. The second-order valence-electron chi connectivity index (χ2n) is 7.97. The van der Waals surface area contributed by atoms with Crippen LogP contribution in [0.2, 0.25) is 0 Å². The van der Waals surface area contributed by atoms with Crippen LogP contribution in [0, 0.1) is 10.8 Å². The van der Waals surface area contributed by atoms with Crippen molar-refractivity contribution in [1.82, 2.24) is 0 Å². The Morgan fingerprint density at radius 1 is 1.04 bits per heavy atom. The highest BCUT2D eigenvalue weighted by molar-refractivity contribution is 5.88. The van der Waals surface area contributed by atoms with Gasteiger partial charge >= 0.3 is 0 Å². The molecule has 1 aliphatic rings. The van der Waals surface area contributed by atoms with Crippen molar-refractivity contribution in [2.75, 3.05) is 7.11 Å². The number of aldehydes is 1. The van der Waals surface area contributed by atoms with Crippen molar-refractivity contribution in [2.45, 2.75) is 40.2 Å². The van der Waals surface area contributed by atoms with Gasteiger partial charge in [0.05, 0.1) is 6.10 Å². The Kier molecular flexibility index (Phi) is 5.87. The summed E-state index contributed by atoms with van der Waals surface area (Å²) in [5.74, 6) is 0. The van der Waals surface area contributed by atoms with E-state index in [9.17, 15) is 4.79 Å². The highest BCUT2D eigenvalue weighted by Gasteiger charge is 2.57. The minimum absolute atomic E-state index is 0.00694. The van der Waals surface area contributed by atoms with Crippen LogP contribution < -0.4 is 0 Å². The van der Waals surface area contributed by atoms with E-state index in [1.165, 1.54) is 16.3 Å². The molecule has 0 aromatic heterocycles. The molecule has 2 heteroatoms. The van der Waals surface area contributed by atoms with Gasteiger partial charge in [-0.2, -0.15) is 0 Å². The van der Waals surface area contributed by atoms with Gasteiger partial charge in [-0.3, -0.25) is 0 Å². The molecule has 0 spiro atoms. The Labute approximate surface area is 157 Å². The third-order valence-electron chi connectivity index (χ3n) is 5.82. The van der Waals surface area contributed by atoms with Crippen molar-refractivity contribution in [3.63, 3.8) is 0 Å². The van der Waals surface area contributed by atoms with Crippen molar-refractivity contribution in [3.8, 4) is 0 Å². The second-order valence-corrected chi connectivity index (χ2v) is 7.97. The second kappa shape index (κ2) is 7.59. The van der Waals surface area contributed by atoms with E-state index in [0.29, 0.717) is 0 Å². The van der Waals surface area contributed by atoms with E-state index in [2.05, 4.69) is 57.3 Å². The number of hydrogen-bond donors (Lipinski definition) is 0. The lowest BCUT2D eigenvalue weighted by atomic mass is 9.98. The molecule has 3 rings (SSSR count). The largest absolute Gasteiger partial charge is 0.377 e. The molecule has 1 fully saturated rings. The first-order valence-electron chi connectivity index (χ1n) is 9.03. The highest BCUT2D eigenvalue weighted by Crippen LogP contribution is 2.61. The molecule has 0 aliphatic heterocycles. The molecule has 0 bridgehead atoms. The van der Waals surface area contributed by atoms with Crippen molar-refractivity contribution >= 4 is 29.2 Å². The van der Waals surface area contributed by atoms with Crippen molar-refractivity contribution in [2.24, 2.45) is 10.8 Å². The molecule has 2 atom stereocenters. The standard InChI is InChI=1S/C17H18O.C7H12O/c1-5-13-9-16-8-7-15(12(3)18-4)11-17(16)10-14(13)6-2;1-6(2)4-7(6,3)5-8/h5-12H,1-2H2,3-4H3;5H,4H2,1-3H3. The summed E-state index contributed by atoms with van der Waals surface area (Å²) in [5.41, 5.74) is 3.71. The fourth-order valence-corrected chi connectivity index (χ4v) is 3.17. The smallest absolute Gasteiger partial charge is 0.126 e. The SMILES string of the molecule is C=Cc1cc2ccc(C(C)OC)cc2cc1C=C.CC1(C)CC1(C)C=O. The average molecular weight is 351 g/mol. The summed E-state index contributed by atoms with van der Waals surface area (Å²) in [6.07, 6.45) is 5.97. The molecule has 0 radical (unpaired) electrons. The maximum atomic E-state index is 10.3. The lowest BCUT2D eigenvalue weighted by Gasteiger charge is -2.12. The van der Waals surface area contributed by atoms with Crippen LogP contribution in [0.25, 0.3) is 22.9 Å². The van der Waals surface area contributed by atoms with Crippen LogP contribution in [0.1, 0.15) is 56.9 Å². The molecule has 0 N–H and O–H groups in total. The third kappa shape index (κ3) is 3.96. The van der Waals surface area contributed by atoms with Gasteiger partial charge in [0.25, 0.3) is 0 Å². The first-order valence-corrected chi connectivity index (χ1v) is 9.03. The minimum atomic E-state index is 0.00694. The summed E-state index contributed by atoms with van der Waals surface area (Å²) in [5, 5.41) is 2.42. The first kappa shape index (κ1) is 20.1. The van der Waals surface area contributed by atoms with Gasteiger partial charge in [0, 0.05) is 12.5 Å². The first-order chi connectivity index (χ1) is 12.2. The Balaban J connectivity index is 0.000000254. The summed E-state index contributed by atoms with van der Waals surface area (Å²) in [7, 11) is 1.73. The van der Waals surface area contributed by atoms with Crippen molar-refractivity contribution in [1.29, 1.82) is 0 Å². The number of rotatable bonds is 5. The predicted molar refractivity (Wildman–Crippen MR) is 112 cm³/mol. The number of carbonyl (C=O) groups is 1. The average Bonchev–Trinajstić information content (AvgIpc) is 3.17. The van der Waals surface area contributed by atoms with Crippen LogP contribution in [0.3, 0.4) is 0 Å². The number of fused-ring (bicyclic) bond motifs is 1. The molecule has 1 saturated carbocycles. The lowest BCUT2D eigenvalue weighted by molar-refractivity contribution is -0.112. The van der Waals surface area contributed by atoms with Gasteiger partial charge in [0.15, 0.2) is 0 Å². The molecule has 138 valence electrons. The summed E-state index contributed by atoms with van der Waals surface area (Å²) in [6.45, 7) is 16.0. The van der Waals surface area contributed by atoms with E-state index in [-0.39, 0.29) is 16.9 Å². The molecule has 2 nitrogen and oxygen atoms in total. The predicted octanol–water partition coefficient (Wildman–Crippen LogP) is 6.45. The summed E-state index contributed by atoms with van der Waals surface area (Å²) in [6, 6.07) is 10.7. The lowest BCUT2D eigenvalue weighted by Crippen LogP contribution is -2.03. The van der Waals surface area contributed by atoms with Crippen LogP contribution in [0.5, 0.6) is 0 Å². The molecule has 2 unspecified atom stereocenters. The van der Waals surface area contributed by atoms with E-state index in [4.69, 9.17) is 4.74 Å². The number of hydrogen-bond acceptors (Lipinski definition) is 2. The third-order valence-corrected chi connectivity index (χ3v) is 5.82. The molecule has 2 aromatic carbocycles. The minimum Gasteiger partial charge on any atom is -0.377 e. The van der Waals surface area contributed by atoms with Gasteiger partial charge in [0.1, 0.15) is 6.29 Å². The quantitative estimate of drug-likeness (QED) is 0.579. The van der Waals surface area contributed by atoms with Crippen LogP contribution in [0.15, 0.2) is 43.5 Å². The zero-order valence-corrected chi connectivity index (χ0v) is 16.6. The van der Waals surface area contributed by atoms with Crippen LogP contribution in [0.4, 0.5) is 0 Å². The zero-order valence-electron chi connectivity index (χ0n) is 16.6. The van der Waals surface area contributed by atoms with Gasteiger partial charge in [-0.25, -0.2) is 0 Å². The molecular weight excluding hydrogens is 320 g/mol. The van der Waals surface area contributed by atoms with E-state index in [0.717, 1.165) is 23.8 Å². The van der Waals surface area contributed by atoms with Gasteiger partial charge < -0.3 is 9.53 Å². The number of ether oxygens (including phenoxy) is 1. The molecule has 0 heterocycles. The fourth-order valence-electron chi connectivity index (χ4n) is 3.17. The van der Waals surface area contributed by atoms with Crippen LogP contribution in [-0.2, 0) is 9.53 Å². The number of benzene rings is 2. The Bertz CT molecular complexity index is 831. The van der Waals surface area contributed by atoms with Crippen molar-refractivity contribution in [3.05, 3.63) is 60.2 Å². The van der Waals surface area contributed by atoms with Crippen molar-refractivity contribution < 1.29 is 9.53 Å². The summed E-state index contributed by atoms with van der Waals surface area (Å²) in [4.78, 5) is 10.3. The van der Waals surface area contributed by atoms with Gasteiger partial charge in [-0.15, -0.1) is 0 Å². The van der Waals surface area contributed by atoms with Gasteiger partial charge in [-0.1, -0.05) is 58.2 Å². The van der Waals surface area contributed by atoms with Crippen LogP contribution in [-0.4, -0.2) is 13.4 Å². The maximum Gasteiger partial charge on any atom is 0.126 e. The fraction of sp³-hybridized carbons (Fsp3) is 0.375. The van der Waals surface area contributed by atoms with E-state index in [1.54, 1.807) is 7.11 Å². The summed E-state index contributed by atoms with van der Waals surface area (Å²) >= 11 is 0. The van der Waals surface area contributed by atoms with Gasteiger partial charge in [0.2, 0.25) is 0 Å². The maximum absolute atomic E-state index is 10.3. The molecular formula is C24H30O2. The Hall–Kier alpha value is -2.19. The topological polar surface area (TPSA) is 26.3 Å². The zero-order chi connectivity index (χ0) is 19.5. The Morgan fingerprint density at radius 3 is 1.96 bits per heavy atom. The molecule has 2 aromatic rings.